The van der Waals surface area contributed by atoms with Crippen molar-refractivity contribution in [3.63, 3.8) is 0 Å². The summed E-state index contributed by atoms with van der Waals surface area (Å²) in [4.78, 5) is 7.82. The van der Waals surface area contributed by atoms with Gasteiger partial charge in [0.1, 0.15) is 0 Å². The topological polar surface area (TPSA) is 19.0 Å². The van der Waals surface area contributed by atoms with Gasteiger partial charge >= 0.3 is 0 Å². The monoisotopic (exact) mass is 622 g/mol. The van der Waals surface area contributed by atoms with Crippen LogP contribution in [0.15, 0.2) is 0 Å². The fourth-order valence-corrected chi connectivity index (χ4v) is 7.32. The predicted molar refractivity (Wildman–Crippen MR) is 197 cm³/mol. The third-order valence-electron chi connectivity index (χ3n) is 9.43. The molecule has 0 radical (unpaired) electrons. The average molecular weight is 622 g/mol. The summed E-state index contributed by atoms with van der Waals surface area (Å²) in [5.41, 5.74) is 2.36. The number of likely N-dealkylation sites (tertiary alicyclic amines) is 2. The van der Waals surface area contributed by atoms with E-state index in [9.17, 15) is 0 Å². The van der Waals surface area contributed by atoms with Crippen LogP contribution in [-0.2, 0) is 4.74 Å². The van der Waals surface area contributed by atoms with E-state index in [0.29, 0.717) is 33.4 Å². The minimum atomic E-state index is 0.278. The van der Waals surface area contributed by atoms with E-state index in [4.69, 9.17) is 4.74 Å². The molecule has 44 heavy (non-hydrogen) atoms. The van der Waals surface area contributed by atoms with E-state index >= 15 is 0 Å². The van der Waals surface area contributed by atoms with Crippen LogP contribution in [0.2, 0.25) is 0 Å². The molecule has 4 heteroatoms. The molecule has 3 heterocycles. The van der Waals surface area contributed by atoms with Crippen molar-refractivity contribution in [2.24, 2.45) is 28.1 Å². The Kier molecular flexibility index (Phi) is 15.5. The number of piperidine rings is 1. The van der Waals surface area contributed by atoms with Crippen molar-refractivity contribution in [3.8, 4) is 0 Å². The Bertz CT molecular complexity index is 747. The highest BCUT2D eigenvalue weighted by molar-refractivity contribution is 4.87. The fourth-order valence-electron chi connectivity index (χ4n) is 7.32. The van der Waals surface area contributed by atoms with Gasteiger partial charge in [-0.05, 0) is 142 Å². The van der Waals surface area contributed by atoms with Gasteiger partial charge in [0.25, 0.3) is 0 Å². The first-order valence-electron chi connectivity index (χ1n) is 18.4. The number of nitrogens with zero attached hydrogens (tertiary/aromatic N) is 3. The van der Waals surface area contributed by atoms with Crippen molar-refractivity contribution in [3.05, 3.63) is 0 Å². The molecule has 3 saturated heterocycles. The van der Waals surface area contributed by atoms with Gasteiger partial charge in [-0.1, -0.05) is 62.3 Å². The first kappa shape index (κ1) is 41.9. The number of ether oxygens (including phenoxy) is 1. The van der Waals surface area contributed by atoms with E-state index in [1.54, 1.807) is 0 Å². The lowest BCUT2D eigenvalue weighted by Crippen LogP contribution is -2.52. The Morgan fingerprint density at radius 1 is 0.455 bits per heavy atom. The van der Waals surface area contributed by atoms with Gasteiger partial charge < -0.3 is 4.74 Å². The summed E-state index contributed by atoms with van der Waals surface area (Å²) in [7, 11) is 0. The minimum Gasteiger partial charge on any atom is -0.376 e. The van der Waals surface area contributed by atoms with Gasteiger partial charge in [-0.25, -0.2) is 0 Å². The van der Waals surface area contributed by atoms with Gasteiger partial charge in [-0.2, -0.15) is 0 Å². The highest BCUT2D eigenvalue weighted by Gasteiger charge is 2.33. The molecule has 0 N–H and O–H groups in total. The van der Waals surface area contributed by atoms with E-state index in [2.05, 4.69) is 139 Å². The van der Waals surface area contributed by atoms with Crippen LogP contribution in [0.5, 0.6) is 0 Å². The summed E-state index contributed by atoms with van der Waals surface area (Å²) in [5, 5.41) is 0. The quantitative estimate of drug-likeness (QED) is 0.312. The Hall–Kier alpha value is -0.160. The molecule has 3 rings (SSSR count). The van der Waals surface area contributed by atoms with Crippen LogP contribution < -0.4 is 0 Å². The lowest BCUT2D eigenvalue weighted by molar-refractivity contribution is -0.0713. The molecule has 0 aliphatic carbocycles. The molecular weight excluding hydrogens is 538 g/mol. The van der Waals surface area contributed by atoms with Gasteiger partial charge in [0.2, 0.25) is 0 Å². The van der Waals surface area contributed by atoms with Crippen LogP contribution in [0.1, 0.15) is 163 Å². The van der Waals surface area contributed by atoms with Crippen molar-refractivity contribution >= 4 is 0 Å². The van der Waals surface area contributed by atoms with Gasteiger partial charge in [0, 0.05) is 42.8 Å². The Labute approximate surface area is 278 Å². The van der Waals surface area contributed by atoms with Gasteiger partial charge in [0.15, 0.2) is 0 Å². The first-order valence-corrected chi connectivity index (χ1v) is 18.4. The molecule has 3 atom stereocenters. The molecule has 4 nitrogen and oxygen atoms in total. The Morgan fingerprint density at radius 2 is 0.841 bits per heavy atom. The zero-order chi connectivity index (χ0) is 34.4. The largest absolute Gasteiger partial charge is 0.376 e. The summed E-state index contributed by atoms with van der Waals surface area (Å²) in [6.07, 6.45) is 8.53. The van der Waals surface area contributed by atoms with Crippen LogP contribution in [0.25, 0.3) is 0 Å². The van der Waals surface area contributed by atoms with Crippen molar-refractivity contribution in [1.82, 2.24) is 14.7 Å². The number of morpholine rings is 1. The maximum absolute atomic E-state index is 5.84. The highest BCUT2D eigenvalue weighted by atomic mass is 16.5. The highest BCUT2D eigenvalue weighted by Crippen LogP contribution is 2.34. The summed E-state index contributed by atoms with van der Waals surface area (Å²) >= 11 is 0. The molecular formula is C40H83N3O. The zero-order valence-electron chi connectivity index (χ0n) is 33.7. The van der Waals surface area contributed by atoms with Gasteiger partial charge in [-0.3, -0.25) is 14.7 Å². The lowest BCUT2D eigenvalue weighted by atomic mass is 9.80. The Balaban J connectivity index is 0.000000330. The summed E-state index contributed by atoms with van der Waals surface area (Å²) in [6, 6.07) is 0. The molecule has 264 valence electrons. The standard InChI is InChI=1S/C14H29N.C13H27NO.C13H27N/c1-13(2,3)10-12-8-7-9-15(11-12)14(4,5)6;1-12(2,3)9-11-10-14(7-8-15-11)13(4,5)6;1-12(2,3)9-11-7-8-14(10-11)13(4,5)6/h12H,7-11H2,1-6H3;11H,7-10H2,1-6H3;11H,7-10H2,1-6H3. The first-order chi connectivity index (χ1) is 19.6. The minimum absolute atomic E-state index is 0.278. The second-order valence-corrected chi connectivity index (χ2v) is 21.3. The van der Waals surface area contributed by atoms with E-state index in [1.807, 2.05) is 0 Å². The maximum Gasteiger partial charge on any atom is 0.0707 e. The summed E-state index contributed by atoms with van der Waals surface area (Å²) in [6.45, 7) is 50.1. The SMILES string of the molecule is CC(C)(C)CC1CCCN(C(C)(C)C)C1.CC(C)(C)CC1CCN(C(C)(C)C)C1.CC(C)(C)CC1CN(C(C)(C)C)CCO1. The molecule has 0 bridgehead atoms. The lowest BCUT2D eigenvalue weighted by Gasteiger charge is -2.43. The molecule has 0 aromatic carbocycles. The van der Waals surface area contributed by atoms with Crippen LogP contribution >= 0.6 is 0 Å². The molecule has 0 aromatic heterocycles. The van der Waals surface area contributed by atoms with Crippen molar-refractivity contribution in [2.75, 3.05) is 45.9 Å². The second-order valence-electron chi connectivity index (χ2n) is 21.3. The third kappa shape index (κ3) is 18.2. The zero-order valence-corrected chi connectivity index (χ0v) is 33.7. The van der Waals surface area contributed by atoms with Crippen LogP contribution in [0.3, 0.4) is 0 Å². The van der Waals surface area contributed by atoms with Crippen molar-refractivity contribution < 1.29 is 4.74 Å². The number of hydrogen-bond acceptors (Lipinski definition) is 4. The molecule has 3 aliphatic rings. The molecule has 3 aliphatic heterocycles. The van der Waals surface area contributed by atoms with E-state index in [1.165, 1.54) is 58.3 Å². The maximum atomic E-state index is 5.84. The van der Waals surface area contributed by atoms with Crippen molar-refractivity contribution in [1.29, 1.82) is 0 Å². The van der Waals surface area contributed by atoms with Crippen LogP contribution in [0, 0.1) is 28.1 Å². The molecule has 3 unspecified atom stereocenters. The van der Waals surface area contributed by atoms with Crippen molar-refractivity contribution in [2.45, 2.75) is 186 Å². The number of rotatable bonds is 3. The summed E-state index contributed by atoms with van der Waals surface area (Å²) in [5.74, 6) is 1.84. The van der Waals surface area contributed by atoms with Crippen LogP contribution in [0.4, 0.5) is 0 Å². The number of hydrogen-bond donors (Lipinski definition) is 0. The molecule has 3 fully saturated rings. The van der Waals surface area contributed by atoms with E-state index in [0.717, 1.165) is 38.0 Å². The fraction of sp³-hybridized carbons (Fsp3) is 1.00. The molecule has 0 aromatic rings. The molecule has 0 amide bonds. The summed E-state index contributed by atoms with van der Waals surface area (Å²) < 4.78 is 5.84. The van der Waals surface area contributed by atoms with E-state index < -0.39 is 0 Å². The second kappa shape index (κ2) is 16.3. The van der Waals surface area contributed by atoms with Crippen LogP contribution in [-0.4, -0.2) is 83.3 Å². The van der Waals surface area contributed by atoms with Gasteiger partial charge in [-0.15, -0.1) is 0 Å². The third-order valence-corrected chi connectivity index (χ3v) is 9.43. The molecule has 0 saturated carbocycles. The van der Waals surface area contributed by atoms with E-state index in [-0.39, 0.29) is 5.54 Å². The predicted octanol–water partition coefficient (Wildman–Crippen LogP) is 10.4. The normalized spacial score (nSPS) is 25.6. The van der Waals surface area contributed by atoms with Gasteiger partial charge in [0.05, 0.1) is 12.7 Å². The molecule has 0 spiro atoms. The smallest absolute Gasteiger partial charge is 0.0707 e. The average Bonchev–Trinajstić information content (AvgIpc) is 3.24. The Morgan fingerprint density at radius 3 is 1.23 bits per heavy atom.